The Bertz CT molecular complexity index is 697. The fraction of sp³-hybridized carbons (Fsp3) is 0.636. The van der Waals surface area contributed by atoms with Crippen molar-refractivity contribution in [2.75, 3.05) is 0 Å². The van der Waals surface area contributed by atoms with Crippen LogP contribution in [0, 0.1) is 0 Å². The summed E-state index contributed by atoms with van der Waals surface area (Å²) in [5, 5.41) is 9.13. The fourth-order valence-electron chi connectivity index (χ4n) is 4.25. The molecule has 1 N–H and O–H groups in total. The van der Waals surface area contributed by atoms with E-state index in [2.05, 4.69) is 27.7 Å². The van der Waals surface area contributed by atoms with Crippen molar-refractivity contribution in [3.63, 3.8) is 0 Å². The minimum Gasteiger partial charge on any atom is -0.487 e. The first kappa shape index (κ1) is 21.3. The van der Waals surface area contributed by atoms with Crippen LogP contribution < -0.4 is 9.47 Å². The van der Waals surface area contributed by atoms with Gasteiger partial charge in [-0.2, -0.15) is 0 Å². The number of esters is 1. The second-order valence-corrected chi connectivity index (χ2v) is 7.26. The molecule has 150 valence electrons. The molecule has 27 heavy (non-hydrogen) atoms. The largest absolute Gasteiger partial charge is 0.487 e. The molecule has 1 heterocycles. The lowest BCUT2D eigenvalue weighted by Gasteiger charge is -2.40. The molecule has 1 aromatic carbocycles. The zero-order chi connectivity index (χ0) is 20.2. The molecule has 0 saturated heterocycles. The molecule has 0 bridgehead atoms. The first-order chi connectivity index (χ1) is 12.8. The van der Waals surface area contributed by atoms with Crippen molar-refractivity contribution in [3.8, 4) is 11.5 Å². The van der Waals surface area contributed by atoms with Gasteiger partial charge in [-0.05, 0) is 44.9 Å². The number of hydrogen-bond donors (Lipinski definition) is 1. The summed E-state index contributed by atoms with van der Waals surface area (Å²) in [4.78, 5) is 22.8. The number of ether oxygens (including phenoxy) is 2. The molecule has 0 spiro atoms. The number of benzene rings is 1. The second-order valence-electron chi connectivity index (χ2n) is 7.26. The molecule has 1 unspecified atom stereocenters. The van der Waals surface area contributed by atoms with Gasteiger partial charge in [-0.15, -0.1) is 0 Å². The van der Waals surface area contributed by atoms with Crippen LogP contribution in [0.15, 0.2) is 0 Å². The molecule has 1 atom stereocenters. The first-order valence-electron chi connectivity index (χ1n) is 10.1. The summed E-state index contributed by atoms with van der Waals surface area (Å²) in [6.45, 7) is 9.72. The lowest BCUT2D eigenvalue weighted by Crippen LogP contribution is -2.40. The lowest BCUT2D eigenvalue weighted by atomic mass is 9.81. The van der Waals surface area contributed by atoms with Crippen LogP contribution in [-0.4, -0.2) is 22.6 Å². The second kappa shape index (κ2) is 8.77. The van der Waals surface area contributed by atoms with Crippen molar-refractivity contribution < 1.29 is 24.2 Å². The van der Waals surface area contributed by atoms with Crippen LogP contribution in [0.1, 0.15) is 82.6 Å². The Morgan fingerprint density at radius 2 is 1.70 bits per heavy atom. The molecule has 1 aliphatic heterocycles. The average molecular weight is 376 g/mol. The van der Waals surface area contributed by atoms with E-state index in [9.17, 15) is 9.59 Å². The third kappa shape index (κ3) is 4.28. The van der Waals surface area contributed by atoms with Crippen LogP contribution >= 0.6 is 0 Å². The molecule has 5 nitrogen and oxygen atoms in total. The summed E-state index contributed by atoms with van der Waals surface area (Å²) in [6.07, 6.45) is 5.29. The van der Waals surface area contributed by atoms with Crippen LogP contribution in [0.5, 0.6) is 11.5 Å². The van der Waals surface area contributed by atoms with E-state index in [1.54, 1.807) is 0 Å². The van der Waals surface area contributed by atoms with Crippen molar-refractivity contribution in [3.05, 3.63) is 22.3 Å². The quantitative estimate of drug-likeness (QED) is 0.529. The van der Waals surface area contributed by atoms with E-state index in [0.717, 1.165) is 66.5 Å². The summed E-state index contributed by atoms with van der Waals surface area (Å²) >= 11 is 0. The standard InChI is InChI=1S/C22H32O5/c1-6-15-16(7-2)21-18(17(8-3)20(15)26-14(5)23)10-12-22(9-4,27-21)13-11-19(24)25/h6-13H2,1-5H3,(H,24,25). The van der Waals surface area contributed by atoms with Crippen LogP contribution in [-0.2, 0) is 35.3 Å². The number of aliphatic carboxylic acids is 1. The van der Waals surface area contributed by atoms with E-state index >= 15 is 0 Å². The summed E-state index contributed by atoms with van der Waals surface area (Å²) in [7, 11) is 0. The Morgan fingerprint density at radius 1 is 1.07 bits per heavy atom. The van der Waals surface area contributed by atoms with Gasteiger partial charge in [0.2, 0.25) is 0 Å². The monoisotopic (exact) mass is 376 g/mol. The Kier molecular flexibility index (Phi) is 6.90. The summed E-state index contributed by atoms with van der Waals surface area (Å²) in [5.41, 5.74) is 3.87. The number of carbonyl (C=O) groups excluding carboxylic acids is 1. The molecule has 2 rings (SSSR count). The minimum atomic E-state index is -0.790. The summed E-state index contributed by atoms with van der Waals surface area (Å²) in [5.74, 6) is 0.519. The van der Waals surface area contributed by atoms with E-state index in [0.29, 0.717) is 12.2 Å². The molecule has 1 aliphatic rings. The van der Waals surface area contributed by atoms with Crippen molar-refractivity contribution >= 4 is 11.9 Å². The molecule has 1 aromatic rings. The van der Waals surface area contributed by atoms with E-state index in [-0.39, 0.29) is 12.4 Å². The Balaban J connectivity index is 2.62. The predicted octanol–water partition coefficient (Wildman–Crippen LogP) is 4.64. The van der Waals surface area contributed by atoms with Crippen LogP contribution in [0.4, 0.5) is 0 Å². The lowest BCUT2D eigenvalue weighted by molar-refractivity contribution is -0.138. The van der Waals surface area contributed by atoms with Gasteiger partial charge in [-0.25, -0.2) is 0 Å². The maximum atomic E-state index is 11.7. The van der Waals surface area contributed by atoms with E-state index < -0.39 is 11.6 Å². The number of carbonyl (C=O) groups is 2. The average Bonchev–Trinajstić information content (AvgIpc) is 2.64. The van der Waals surface area contributed by atoms with E-state index in [4.69, 9.17) is 14.6 Å². The molecule has 0 radical (unpaired) electrons. The highest BCUT2D eigenvalue weighted by molar-refractivity contribution is 5.72. The maximum Gasteiger partial charge on any atom is 0.308 e. The van der Waals surface area contributed by atoms with Gasteiger partial charge in [0.15, 0.2) is 0 Å². The van der Waals surface area contributed by atoms with Gasteiger partial charge >= 0.3 is 11.9 Å². The Hall–Kier alpha value is -2.04. The van der Waals surface area contributed by atoms with Gasteiger partial charge in [0.05, 0.1) is 0 Å². The molecule has 0 saturated carbocycles. The molecular weight excluding hydrogens is 344 g/mol. The highest BCUT2D eigenvalue weighted by Crippen LogP contribution is 2.47. The molecular formula is C22H32O5. The third-order valence-corrected chi connectivity index (χ3v) is 5.72. The van der Waals surface area contributed by atoms with Crippen LogP contribution in [0.2, 0.25) is 0 Å². The zero-order valence-corrected chi connectivity index (χ0v) is 17.2. The van der Waals surface area contributed by atoms with Gasteiger partial charge in [0.1, 0.15) is 17.1 Å². The van der Waals surface area contributed by atoms with Crippen molar-refractivity contribution in [2.24, 2.45) is 0 Å². The number of fused-ring (bicyclic) bond motifs is 1. The molecule has 0 aliphatic carbocycles. The molecule has 0 amide bonds. The van der Waals surface area contributed by atoms with Gasteiger partial charge < -0.3 is 14.6 Å². The molecule has 0 aromatic heterocycles. The van der Waals surface area contributed by atoms with Crippen LogP contribution in [0.3, 0.4) is 0 Å². The van der Waals surface area contributed by atoms with Gasteiger partial charge in [0.25, 0.3) is 0 Å². The fourth-order valence-corrected chi connectivity index (χ4v) is 4.25. The van der Waals surface area contributed by atoms with Crippen molar-refractivity contribution in [1.82, 2.24) is 0 Å². The number of hydrogen-bond acceptors (Lipinski definition) is 4. The zero-order valence-electron chi connectivity index (χ0n) is 17.2. The molecule has 0 fully saturated rings. The smallest absolute Gasteiger partial charge is 0.308 e. The van der Waals surface area contributed by atoms with Gasteiger partial charge in [-0.3, -0.25) is 9.59 Å². The number of carboxylic acids is 1. The van der Waals surface area contributed by atoms with E-state index in [1.807, 2.05) is 0 Å². The number of carboxylic acid groups (broad SMARTS) is 1. The SMILES string of the molecule is CCc1c(CC)c2c(c(CC)c1OC(C)=O)CCC(CC)(CCC(=O)O)O2. The summed E-state index contributed by atoms with van der Waals surface area (Å²) in [6, 6.07) is 0. The molecule has 5 heteroatoms. The highest BCUT2D eigenvalue weighted by Gasteiger charge is 2.38. The van der Waals surface area contributed by atoms with E-state index in [1.165, 1.54) is 6.92 Å². The normalized spacial score (nSPS) is 18.6. The Labute approximate surface area is 162 Å². The number of rotatable bonds is 8. The maximum absolute atomic E-state index is 11.7. The topological polar surface area (TPSA) is 72.8 Å². The third-order valence-electron chi connectivity index (χ3n) is 5.72. The highest BCUT2D eigenvalue weighted by atomic mass is 16.5. The van der Waals surface area contributed by atoms with Crippen LogP contribution in [0.25, 0.3) is 0 Å². The van der Waals surface area contributed by atoms with Crippen molar-refractivity contribution in [2.45, 2.75) is 91.6 Å². The van der Waals surface area contributed by atoms with Crippen molar-refractivity contribution in [1.29, 1.82) is 0 Å². The Morgan fingerprint density at radius 3 is 2.19 bits per heavy atom. The minimum absolute atomic E-state index is 0.109. The first-order valence-corrected chi connectivity index (χ1v) is 10.1. The predicted molar refractivity (Wildman–Crippen MR) is 105 cm³/mol. The van der Waals surface area contributed by atoms with Gasteiger partial charge in [-0.1, -0.05) is 27.7 Å². The summed E-state index contributed by atoms with van der Waals surface area (Å²) < 4.78 is 12.2. The van der Waals surface area contributed by atoms with Gasteiger partial charge in [0, 0.05) is 35.6 Å².